The molecule has 23 heavy (non-hydrogen) atoms. The van der Waals surface area contributed by atoms with Crippen molar-refractivity contribution in [3.63, 3.8) is 0 Å². The van der Waals surface area contributed by atoms with E-state index >= 15 is 0 Å². The Labute approximate surface area is 140 Å². The third-order valence-electron chi connectivity index (χ3n) is 3.73. The Bertz CT molecular complexity index is 731. The Balaban J connectivity index is 2.42. The van der Waals surface area contributed by atoms with Crippen LogP contribution in [0.3, 0.4) is 0 Å². The molecule has 0 aliphatic rings. The Kier molecular flexibility index (Phi) is 5.61. The van der Waals surface area contributed by atoms with Crippen LogP contribution in [-0.2, 0) is 24.1 Å². The molecular formula is C18H19ClFNO2. The second kappa shape index (κ2) is 7.47. The summed E-state index contributed by atoms with van der Waals surface area (Å²) < 4.78 is 14.5. The van der Waals surface area contributed by atoms with Crippen molar-refractivity contribution in [3.05, 3.63) is 57.9 Å². The average Bonchev–Trinajstić information content (AvgIpc) is 2.51. The molecule has 0 saturated carbocycles. The number of aliphatic carboxylic acids is 1. The molecule has 0 amide bonds. The van der Waals surface area contributed by atoms with E-state index in [9.17, 15) is 9.18 Å². The molecule has 0 spiro atoms. The summed E-state index contributed by atoms with van der Waals surface area (Å²) >= 11 is 6.00. The number of halogens is 2. The number of hydrogen-bond donors (Lipinski definition) is 2. The molecule has 2 N–H and O–H groups in total. The van der Waals surface area contributed by atoms with Crippen molar-refractivity contribution in [2.45, 2.75) is 33.1 Å². The number of nitrogens with one attached hydrogen (secondary N) is 1. The van der Waals surface area contributed by atoms with E-state index in [0.29, 0.717) is 33.9 Å². The fourth-order valence-corrected chi connectivity index (χ4v) is 2.74. The van der Waals surface area contributed by atoms with Gasteiger partial charge in [-0.15, -0.1) is 0 Å². The highest BCUT2D eigenvalue weighted by Crippen LogP contribution is 2.30. The Morgan fingerprint density at radius 3 is 2.48 bits per heavy atom. The monoisotopic (exact) mass is 335 g/mol. The summed E-state index contributed by atoms with van der Waals surface area (Å²) in [5, 5.41) is 12.5. The van der Waals surface area contributed by atoms with Gasteiger partial charge in [0.05, 0.1) is 12.1 Å². The maximum atomic E-state index is 14.5. The lowest BCUT2D eigenvalue weighted by Gasteiger charge is -2.15. The molecule has 0 saturated heterocycles. The fourth-order valence-electron chi connectivity index (χ4n) is 2.46. The van der Waals surface area contributed by atoms with Crippen LogP contribution in [0.1, 0.15) is 30.5 Å². The first-order valence-electron chi connectivity index (χ1n) is 7.53. The largest absolute Gasteiger partial charge is 0.481 e. The number of benzene rings is 2. The molecular weight excluding hydrogens is 317 g/mol. The summed E-state index contributed by atoms with van der Waals surface area (Å²) in [7, 11) is 0. The lowest BCUT2D eigenvalue weighted by molar-refractivity contribution is -0.136. The molecule has 2 aromatic rings. The van der Waals surface area contributed by atoms with Gasteiger partial charge >= 0.3 is 5.97 Å². The van der Waals surface area contributed by atoms with Crippen molar-refractivity contribution in [3.8, 4) is 0 Å². The maximum absolute atomic E-state index is 14.5. The van der Waals surface area contributed by atoms with E-state index in [0.717, 1.165) is 12.0 Å². The average molecular weight is 336 g/mol. The highest BCUT2D eigenvalue weighted by molar-refractivity contribution is 6.31. The van der Waals surface area contributed by atoms with E-state index in [1.807, 2.05) is 26.0 Å². The smallest absolute Gasteiger partial charge is 0.307 e. The molecule has 2 aromatic carbocycles. The lowest BCUT2D eigenvalue weighted by atomic mass is 10.0. The van der Waals surface area contributed by atoms with Gasteiger partial charge in [-0.05, 0) is 42.2 Å². The molecule has 0 aliphatic carbocycles. The van der Waals surface area contributed by atoms with Crippen molar-refractivity contribution < 1.29 is 14.3 Å². The summed E-state index contributed by atoms with van der Waals surface area (Å²) in [4.78, 5) is 11.1. The first kappa shape index (κ1) is 17.3. The minimum Gasteiger partial charge on any atom is -0.481 e. The van der Waals surface area contributed by atoms with Gasteiger partial charge in [-0.1, -0.05) is 37.6 Å². The van der Waals surface area contributed by atoms with E-state index in [1.165, 1.54) is 0 Å². The van der Waals surface area contributed by atoms with Crippen LogP contribution >= 0.6 is 11.6 Å². The van der Waals surface area contributed by atoms with Crippen LogP contribution in [0, 0.1) is 5.82 Å². The normalized spacial score (nSPS) is 10.6. The van der Waals surface area contributed by atoms with E-state index < -0.39 is 11.8 Å². The third-order valence-corrected chi connectivity index (χ3v) is 4.08. The highest BCUT2D eigenvalue weighted by atomic mass is 35.5. The Hall–Kier alpha value is -2.07. The number of anilines is 2. The van der Waals surface area contributed by atoms with Crippen LogP contribution in [0.5, 0.6) is 0 Å². The Morgan fingerprint density at radius 1 is 1.17 bits per heavy atom. The molecule has 0 atom stereocenters. The van der Waals surface area contributed by atoms with Crippen molar-refractivity contribution in [1.82, 2.24) is 0 Å². The van der Waals surface area contributed by atoms with E-state index in [1.54, 1.807) is 18.2 Å². The number of carboxylic acids is 1. The lowest BCUT2D eigenvalue weighted by Crippen LogP contribution is -2.06. The molecule has 5 heteroatoms. The van der Waals surface area contributed by atoms with Crippen LogP contribution in [0.4, 0.5) is 15.8 Å². The van der Waals surface area contributed by atoms with Crippen molar-refractivity contribution in [1.29, 1.82) is 0 Å². The first-order chi connectivity index (χ1) is 11.0. The summed E-state index contributed by atoms with van der Waals surface area (Å²) in [5.74, 6) is -1.33. The van der Waals surface area contributed by atoms with Crippen molar-refractivity contribution in [2.75, 3.05) is 5.32 Å². The van der Waals surface area contributed by atoms with Gasteiger partial charge in [-0.25, -0.2) is 4.39 Å². The number of aryl methyl sites for hydroxylation is 1. The van der Waals surface area contributed by atoms with Crippen LogP contribution in [0.25, 0.3) is 0 Å². The van der Waals surface area contributed by atoms with Crippen molar-refractivity contribution >= 4 is 28.9 Å². The molecule has 0 radical (unpaired) electrons. The van der Waals surface area contributed by atoms with Gasteiger partial charge in [-0.2, -0.15) is 0 Å². The molecule has 0 aromatic heterocycles. The molecule has 0 heterocycles. The third kappa shape index (κ3) is 4.02. The second-order valence-corrected chi connectivity index (χ2v) is 5.69. The SMILES string of the molecule is CCc1ccc(Nc2ccc(Cl)c(CC)c2F)c(CC(=O)O)c1. The Morgan fingerprint density at radius 2 is 1.87 bits per heavy atom. The van der Waals surface area contributed by atoms with Gasteiger partial charge in [0.1, 0.15) is 0 Å². The highest BCUT2D eigenvalue weighted by Gasteiger charge is 2.14. The van der Waals surface area contributed by atoms with Gasteiger partial charge < -0.3 is 10.4 Å². The molecule has 2 rings (SSSR count). The quantitative estimate of drug-likeness (QED) is 0.783. The molecule has 0 fully saturated rings. The predicted octanol–water partition coefficient (Wildman–Crippen LogP) is 4.97. The molecule has 0 unspecified atom stereocenters. The number of rotatable bonds is 6. The van der Waals surface area contributed by atoms with Crippen molar-refractivity contribution in [2.24, 2.45) is 0 Å². The van der Waals surface area contributed by atoms with E-state index in [2.05, 4.69) is 5.32 Å². The summed E-state index contributed by atoms with van der Waals surface area (Å²) in [6, 6.07) is 8.74. The standard InChI is InChI=1S/C18H19ClFNO2/c1-3-11-5-7-15(12(9-11)10-17(22)23)21-16-8-6-14(19)13(4-2)18(16)20/h5-9,21H,3-4,10H2,1-2H3,(H,22,23). The maximum Gasteiger partial charge on any atom is 0.307 e. The summed E-state index contributed by atoms with van der Waals surface area (Å²) in [5.41, 5.74) is 3.00. The van der Waals surface area contributed by atoms with Gasteiger partial charge in [0.25, 0.3) is 0 Å². The molecule has 3 nitrogen and oxygen atoms in total. The van der Waals surface area contributed by atoms with E-state index in [4.69, 9.17) is 16.7 Å². The summed E-state index contributed by atoms with van der Waals surface area (Å²) in [6.45, 7) is 3.83. The molecule has 0 aliphatic heterocycles. The number of hydrogen-bond acceptors (Lipinski definition) is 2. The van der Waals surface area contributed by atoms with Crippen LogP contribution < -0.4 is 5.32 Å². The fraction of sp³-hybridized carbons (Fsp3) is 0.278. The molecule has 122 valence electrons. The van der Waals surface area contributed by atoms with Crippen LogP contribution in [0.2, 0.25) is 5.02 Å². The topological polar surface area (TPSA) is 49.3 Å². The van der Waals surface area contributed by atoms with Gasteiger partial charge in [0.15, 0.2) is 5.82 Å². The molecule has 0 bridgehead atoms. The van der Waals surface area contributed by atoms with Gasteiger partial charge in [0, 0.05) is 16.3 Å². The van der Waals surface area contributed by atoms with Crippen LogP contribution in [-0.4, -0.2) is 11.1 Å². The zero-order chi connectivity index (χ0) is 17.0. The first-order valence-corrected chi connectivity index (χ1v) is 7.91. The minimum atomic E-state index is -0.924. The minimum absolute atomic E-state index is 0.119. The number of carboxylic acid groups (broad SMARTS) is 1. The number of carbonyl (C=O) groups is 1. The zero-order valence-corrected chi connectivity index (χ0v) is 13.9. The second-order valence-electron chi connectivity index (χ2n) is 5.28. The van der Waals surface area contributed by atoms with E-state index in [-0.39, 0.29) is 6.42 Å². The zero-order valence-electron chi connectivity index (χ0n) is 13.1. The summed E-state index contributed by atoms with van der Waals surface area (Å²) in [6.07, 6.45) is 1.17. The van der Waals surface area contributed by atoms with Crippen LogP contribution in [0.15, 0.2) is 30.3 Å². The van der Waals surface area contributed by atoms with Gasteiger partial charge in [-0.3, -0.25) is 4.79 Å². The predicted molar refractivity (Wildman–Crippen MR) is 91.2 cm³/mol. The van der Waals surface area contributed by atoms with Gasteiger partial charge in [0.2, 0.25) is 0 Å².